The van der Waals surface area contributed by atoms with E-state index in [1.165, 1.54) is 0 Å². The van der Waals surface area contributed by atoms with Crippen molar-refractivity contribution >= 4 is 22.7 Å². The number of aliphatic carboxylic acids is 1. The summed E-state index contributed by atoms with van der Waals surface area (Å²) in [5.74, 6) is -0.736. The minimum Gasteiger partial charge on any atom is -0.481 e. The molecule has 1 aromatic rings. The van der Waals surface area contributed by atoms with Gasteiger partial charge in [0.15, 0.2) is 11.5 Å². The number of nitrogens with zero attached hydrogens (tertiary/aromatic N) is 3. The van der Waals surface area contributed by atoms with Crippen LogP contribution >= 0.6 is 0 Å². The number of carbonyl (C=O) groups is 1. The topological polar surface area (TPSA) is 220 Å². The van der Waals surface area contributed by atoms with Crippen LogP contribution in [0.5, 0.6) is 0 Å². The molecule has 0 radical (unpaired) electrons. The van der Waals surface area contributed by atoms with Gasteiger partial charge in [-0.3, -0.25) is 14.6 Å². The van der Waals surface area contributed by atoms with E-state index in [9.17, 15) is 34.8 Å². The van der Waals surface area contributed by atoms with E-state index in [-0.39, 0.29) is 31.1 Å². The van der Waals surface area contributed by atoms with Crippen molar-refractivity contribution in [3.63, 3.8) is 0 Å². The largest absolute Gasteiger partial charge is 0.481 e. The van der Waals surface area contributed by atoms with Crippen LogP contribution in [0.2, 0.25) is 0 Å². The van der Waals surface area contributed by atoms with E-state index in [0.717, 1.165) is 6.42 Å². The monoisotopic (exact) mass is 563 g/mol. The molecule has 14 nitrogen and oxygen atoms in total. The number of aromatic nitrogens is 4. The van der Waals surface area contributed by atoms with E-state index in [1.807, 2.05) is 0 Å². The number of fused-ring (bicyclic) bond motifs is 2. The zero-order valence-corrected chi connectivity index (χ0v) is 22.5. The number of hydrogen-bond donors (Lipinski definition) is 7. The molecule has 2 aliphatic heterocycles. The first kappa shape index (κ1) is 31.1. The highest BCUT2D eigenvalue weighted by molar-refractivity contribution is 5.84. The number of anilines is 1. The molecular weight excluding hydrogens is 526 g/mol. The van der Waals surface area contributed by atoms with Crippen molar-refractivity contribution in [1.82, 2.24) is 19.5 Å². The van der Waals surface area contributed by atoms with E-state index in [4.69, 9.17) is 9.84 Å². The predicted octanol–water partition coefficient (Wildman–Crippen LogP) is -0.180. The SMILES string of the molecule is CCOCC(O)C(O)C(O)C(O)CNc1cc2c(cc1C)nc1c(=O)[nH]c(=O)nc-1n2CCCCCCC(=O)O. The van der Waals surface area contributed by atoms with E-state index in [1.54, 1.807) is 30.5 Å². The summed E-state index contributed by atoms with van der Waals surface area (Å²) in [7, 11) is 0. The van der Waals surface area contributed by atoms with Crippen molar-refractivity contribution in [1.29, 1.82) is 0 Å². The Balaban J connectivity index is 1.86. The van der Waals surface area contributed by atoms with Crippen LogP contribution in [0.25, 0.3) is 22.6 Å². The summed E-state index contributed by atoms with van der Waals surface area (Å²) in [6.07, 6.45) is -3.41. The maximum atomic E-state index is 12.5. The molecule has 0 fully saturated rings. The molecule has 0 bridgehead atoms. The number of aryl methyl sites for hydroxylation is 2. The van der Waals surface area contributed by atoms with Gasteiger partial charge >= 0.3 is 11.7 Å². The van der Waals surface area contributed by atoms with Crippen LogP contribution in [0, 0.1) is 6.92 Å². The lowest BCUT2D eigenvalue weighted by molar-refractivity contribution is -0.137. The molecule has 0 spiro atoms. The van der Waals surface area contributed by atoms with Gasteiger partial charge in [0.25, 0.3) is 5.56 Å². The molecule has 4 atom stereocenters. The van der Waals surface area contributed by atoms with Gasteiger partial charge in [-0.15, -0.1) is 0 Å². The Morgan fingerprint density at radius 3 is 2.45 bits per heavy atom. The summed E-state index contributed by atoms with van der Waals surface area (Å²) in [6, 6.07) is 3.46. The second-order valence-corrected chi connectivity index (χ2v) is 9.68. The number of rotatable bonds is 16. The Bertz CT molecular complexity index is 1380. The lowest BCUT2D eigenvalue weighted by atomic mass is 10.0. The van der Waals surface area contributed by atoms with Gasteiger partial charge in [0.2, 0.25) is 0 Å². The third kappa shape index (κ3) is 7.82. The van der Waals surface area contributed by atoms with Gasteiger partial charge in [-0.25, -0.2) is 9.78 Å². The number of benzene rings is 1. The Labute approximate surface area is 229 Å². The number of aliphatic hydroxyl groups excluding tert-OH is 4. The standard InChI is InChI=1S/C26H37N5O9/c1-3-40-13-19(33)23(37)22(36)18(32)12-27-15-11-17-16(10-14(15)2)28-21-24(29-26(39)30-25(21)38)31(17)9-7-5-4-6-8-20(34)35/h10-11,18-19,22-23,27,32-33,36-37H,3-9,12-13H2,1-2H3,(H,34,35)(H,30,38,39). The van der Waals surface area contributed by atoms with Crippen LogP contribution in [0.4, 0.5) is 5.69 Å². The molecular formula is C26H37N5O9. The summed E-state index contributed by atoms with van der Waals surface area (Å²) in [5.41, 5.74) is 0.856. The average Bonchev–Trinajstić information content (AvgIpc) is 2.91. The molecule has 3 rings (SSSR count). The molecule has 0 saturated carbocycles. The van der Waals surface area contributed by atoms with Crippen molar-refractivity contribution in [2.24, 2.45) is 0 Å². The molecule has 14 heteroatoms. The summed E-state index contributed by atoms with van der Waals surface area (Å²) >= 11 is 0. The lowest BCUT2D eigenvalue weighted by Crippen LogP contribution is -2.48. The maximum Gasteiger partial charge on any atom is 0.349 e. The third-order valence-corrected chi connectivity index (χ3v) is 6.61. The molecule has 2 heterocycles. The second kappa shape index (κ2) is 14.3. The van der Waals surface area contributed by atoms with E-state index in [2.05, 4.69) is 20.3 Å². The molecule has 2 aliphatic rings. The smallest absolute Gasteiger partial charge is 0.349 e. The van der Waals surface area contributed by atoms with Gasteiger partial charge in [0, 0.05) is 31.8 Å². The highest BCUT2D eigenvalue weighted by Crippen LogP contribution is 2.27. The first-order valence-electron chi connectivity index (χ1n) is 13.2. The second-order valence-electron chi connectivity index (χ2n) is 9.68. The molecule has 40 heavy (non-hydrogen) atoms. The van der Waals surface area contributed by atoms with Crippen LogP contribution < -0.4 is 16.6 Å². The van der Waals surface area contributed by atoms with Gasteiger partial charge in [0.1, 0.15) is 18.3 Å². The number of carboxylic acids is 1. The molecule has 0 saturated heterocycles. The van der Waals surface area contributed by atoms with Crippen LogP contribution in [-0.2, 0) is 16.1 Å². The number of hydrogen-bond acceptors (Lipinski definition) is 11. The van der Waals surface area contributed by atoms with Crippen LogP contribution in [0.3, 0.4) is 0 Å². The summed E-state index contributed by atoms with van der Waals surface area (Å²) in [6.45, 7) is 3.85. The minimum atomic E-state index is -1.65. The van der Waals surface area contributed by atoms with Crippen molar-refractivity contribution in [3.05, 3.63) is 38.5 Å². The Morgan fingerprint density at radius 1 is 1.05 bits per heavy atom. The number of ether oxygens (including phenoxy) is 1. The van der Waals surface area contributed by atoms with E-state index >= 15 is 0 Å². The van der Waals surface area contributed by atoms with Crippen molar-refractivity contribution < 1.29 is 35.1 Å². The molecule has 220 valence electrons. The van der Waals surface area contributed by atoms with Gasteiger partial charge in [-0.1, -0.05) is 12.8 Å². The van der Waals surface area contributed by atoms with Gasteiger partial charge in [-0.2, -0.15) is 4.98 Å². The number of aliphatic hydroxyl groups is 4. The minimum absolute atomic E-state index is 0.0104. The number of aromatic amines is 1. The fourth-order valence-electron chi connectivity index (χ4n) is 4.39. The molecule has 0 aromatic heterocycles. The van der Waals surface area contributed by atoms with Crippen LogP contribution in [-0.4, -0.2) is 95.2 Å². The first-order chi connectivity index (χ1) is 19.0. The number of nitrogens with one attached hydrogen (secondary N) is 2. The first-order valence-corrected chi connectivity index (χ1v) is 13.2. The third-order valence-electron chi connectivity index (χ3n) is 6.61. The number of H-pyrrole nitrogens is 1. The molecule has 0 aliphatic carbocycles. The average molecular weight is 564 g/mol. The molecule has 1 aromatic carbocycles. The normalized spacial score (nSPS) is 14.8. The summed E-state index contributed by atoms with van der Waals surface area (Å²) < 4.78 is 6.77. The summed E-state index contributed by atoms with van der Waals surface area (Å²) in [4.78, 5) is 45.8. The number of unbranched alkanes of at least 4 members (excludes halogenated alkanes) is 3. The summed E-state index contributed by atoms with van der Waals surface area (Å²) in [5, 5.41) is 52.7. The van der Waals surface area contributed by atoms with Crippen molar-refractivity contribution in [2.45, 2.75) is 76.9 Å². The Kier molecular flexibility index (Phi) is 11.1. The van der Waals surface area contributed by atoms with Gasteiger partial charge < -0.3 is 40.2 Å². The van der Waals surface area contributed by atoms with Crippen molar-refractivity contribution in [2.75, 3.05) is 25.1 Å². The highest BCUT2D eigenvalue weighted by atomic mass is 16.5. The molecule has 4 unspecified atom stereocenters. The van der Waals surface area contributed by atoms with Crippen LogP contribution in [0.1, 0.15) is 44.6 Å². The van der Waals surface area contributed by atoms with Crippen molar-refractivity contribution in [3.8, 4) is 11.5 Å². The van der Waals surface area contributed by atoms with Gasteiger partial charge in [-0.05, 0) is 44.4 Å². The Morgan fingerprint density at radius 2 is 1.75 bits per heavy atom. The fraction of sp³-hybridized carbons (Fsp3) is 0.577. The zero-order valence-electron chi connectivity index (χ0n) is 22.5. The highest BCUT2D eigenvalue weighted by Gasteiger charge is 2.30. The fourth-order valence-corrected chi connectivity index (χ4v) is 4.39. The Hall–Kier alpha value is -3.43. The quantitative estimate of drug-likeness (QED) is 0.0891. The maximum absolute atomic E-state index is 12.5. The predicted molar refractivity (Wildman–Crippen MR) is 146 cm³/mol. The van der Waals surface area contributed by atoms with E-state index in [0.29, 0.717) is 54.7 Å². The molecule has 0 amide bonds. The lowest BCUT2D eigenvalue weighted by Gasteiger charge is -2.27. The van der Waals surface area contributed by atoms with Gasteiger partial charge in [0.05, 0.1) is 23.7 Å². The number of carboxylic acid groups (broad SMARTS) is 1. The van der Waals surface area contributed by atoms with E-state index < -0.39 is 41.6 Å². The zero-order chi connectivity index (χ0) is 29.4. The molecule has 7 N–H and O–H groups in total. The van der Waals surface area contributed by atoms with Crippen LogP contribution in [0.15, 0.2) is 21.7 Å².